The third-order valence-electron chi connectivity index (χ3n) is 1.95. The molecule has 0 spiro atoms. The van der Waals surface area contributed by atoms with Gasteiger partial charge in [0.1, 0.15) is 5.82 Å². The van der Waals surface area contributed by atoms with Crippen LogP contribution in [0.5, 0.6) is 0 Å². The number of carboxylic acids is 1. The average Bonchev–Trinajstić information content (AvgIpc) is 2.76. The number of pyridine rings is 1. The van der Waals surface area contributed by atoms with E-state index < -0.39 is 5.97 Å². The number of aromatic amines is 1. The van der Waals surface area contributed by atoms with Crippen LogP contribution in [0.1, 0.15) is 5.69 Å². The summed E-state index contributed by atoms with van der Waals surface area (Å²) >= 11 is 0. The van der Waals surface area contributed by atoms with E-state index in [0.29, 0.717) is 11.5 Å². The molecule has 2 aromatic heterocycles. The Bertz CT molecular complexity index is 517. The molecular weight excluding hydrogens is 206 g/mol. The van der Waals surface area contributed by atoms with Crippen molar-refractivity contribution < 1.29 is 9.90 Å². The Labute approximate surface area is 91.5 Å². The number of hydrogen-bond acceptors (Lipinski definition) is 3. The minimum atomic E-state index is -0.986. The van der Waals surface area contributed by atoms with Gasteiger partial charge >= 0.3 is 5.97 Å². The Hall–Kier alpha value is -2.43. The largest absolute Gasteiger partial charge is 0.478 e. The van der Waals surface area contributed by atoms with E-state index in [1.807, 2.05) is 12.1 Å². The van der Waals surface area contributed by atoms with Gasteiger partial charge < -0.3 is 10.1 Å². The van der Waals surface area contributed by atoms with Gasteiger partial charge in [-0.1, -0.05) is 0 Å². The summed E-state index contributed by atoms with van der Waals surface area (Å²) in [5, 5.41) is 8.47. The first-order valence-electron chi connectivity index (χ1n) is 4.62. The smallest absolute Gasteiger partial charge is 0.328 e. The predicted molar refractivity (Wildman–Crippen MR) is 58.5 cm³/mol. The van der Waals surface area contributed by atoms with Crippen LogP contribution in [-0.2, 0) is 4.79 Å². The molecule has 0 saturated heterocycles. The molecule has 0 amide bonds. The number of rotatable bonds is 3. The molecule has 2 N–H and O–H groups in total. The van der Waals surface area contributed by atoms with Gasteiger partial charge in [0.2, 0.25) is 0 Å². The molecule has 16 heavy (non-hydrogen) atoms. The first-order valence-corrected chi connectivity index (χ1v) is 4.62. The molecule has 0 aliphatic carbocycles. The zero-order valence-electron chi connectivity index (χ0n) is 8.29. The molecule has 2 heterocycles. The lowest BCUT2D eigenvalue weighted by atomic mass is 10.2. The second-order valence-electron chi connectivity index (χ2n) is 3.09. The number of carboxylic acid groups (broad SMARTS) is 1. The number of nitrogens with one attached hydrogen (secondary N) is 1. The lowest BCUT2D eigenvalue weighted by molar-refractivity contribution is -0.131. The molecule has 5 nitrogen and oxygen atoms in total. The predicted octanol–water partition coefficient (Wildman–Crippen LogP) is 1.57. The second-order valence-corrected chi connectivity index (χ2v) is 3.09. The van der Waals surface area contributed by atoms with E-state index >= 15 is 0 Å². The molecule has 0 bridgehead atoms. The zero-order valence-corrected chi connectivity index (χ0v) is 8.29. The quantitative estimate of drug-likeness (QED) is 0.761. The number of aromatic nitrogens is 3. The molecule has 0 aliphatic heterocycles. The van der Waals surface area contributed by atoms with E-state index in [9.17, 15) is 4.79 Å². The van der Waals surface area contributed by atoms with E-state index in [4.69, 9.17) is 5.11 Å². The summed E-state index contributed by atoms with van der Waals surface area (Å²) in [6.45, 7) is 0. The molecule has 2 rings (SSSR count). The maximum atomic E-state index is 10.3. The molecule has 0 aromatic carbocycles. The van der Waals surface area contributed by atoms with Crippen LogP contribution in [0.25, 0.3) is 17.5 Å². The van der Waals surface area contributed by atoms with Crippen molar-refractivity contribution in [3.05, 3.63) is 42.5 Å². The summed E-state index contributed by atoms with van der Waals surface area (Å²) in [5.41, 5.74) is 1.55. The molecule has 0 atom stereocenters. The second kappa shape index (κ2) is 4.39. The highest BCUT2D eigenvalue weighted by molar-refractivity contribution is 5.84. The summed E-state index contributed by atoms with van der Waals surface area (Å²) in [4.78, 5) is 21.4. The van der Waals surface area contributed by atoms with Gasteiger partial charge in [-0.15, -0.1) is 0 Å². The van der Waals surface area contributed by atoms with Gasteiger partial charge in [-0.2, -0.15) is 0 Å². The number of H-pyrrole nitrogens is 1. The monoisotopic (exact) mass is 215 g/mol. The first-order chi connectivity index (χ1) is 7.75. The van der Waals surface area contributed by atoms with Crippen molar-refractivity contribution in [2.45, 2.75) is 0 Å². The first kappa shape index (κ1) is 10.1. The van der Waals surface area contributed by atoms with Crippen molar-refractivity contribution in [1.29, 1.82) is 0 Å². The number of nitrogens with zero attached hydrogens (tertiary/aromatic N) is 2. The van der Waals surface area contributed by atoms with Gasteiger partial charge in [0.05, 0.1) is 11.9 Å². The number of hydrogen-bond donors (Lipinski definition) is 2. The van der Waals surface area contributed by atoms with E-state index in [1.165, 1.54) is 6.08 Å². The topological polar surface area (TPSA) is 78.9 Å². The maximum absolute atomic E-state index is 10.3. The molecule has 80 valence electrons. The van der Waals surface area contributed by atoms with Crippen molar-refractivity contribution >= 4 is 12.0 Å². The molecular formula is C11H9N3O2. The summed E-state index contributed by atoms with van der Waals surface area (Å²) < 4.78 is 0. The molecule has 2 aromatic rings. The lowest BCUT2D eigenvalue weighted by Gasteiger charge is -1.93. The number of carbonyl (C=O) groups is 1. The Morgan fingerprint density at radius 2 is 2.12 bits per heavy atom. The number of aliphatic carboxylic acids is 1. The maximum Gasteiger partial charge on any atom is 0.328 e. The summed E-state index contributed by atoms with van der Waals surface area (Å²) in [5.74, 6) is -0.299. The van der Waals surface area contributed by atoms with Gasteiger partial charge in [0, 0.05) is 24.0 Å². The number of imidazole rings is 1. The van der Waals surface area contributed by atoms with Crippen LogP contribution in [0.2, 0.25) is 0 Å². The SMILES string of the molecule is O=C(O)/C=C/c1cnc(-c2ccncc2)[nH]1. The minimum absolute atomic E-state index is 0.647. The average molecular weight is 215 g/mol. The van der Waals surface area contributed by atoms with E-state index in [1.54, 1.807) is 18.6 Å². The lowest BCUT2D eigenvalue weighted by Crippen LogP contribution is -1.85. The van der Waals surface area contributed by atoms with E-state index in [-0.39, 0.29) is 0 Å². The highest BCUT2D eigenvalue weighted by Crippen LogP contribution is 2.14. The summed E-state index contributed by atoms with van der Waals surface area (Å²) in [7, 11) is 0. The fourth-order valence-electron chi connectivity index (χ4n) is 1.24. The van der Waals surface area contributed by atoms with Crippen molar-refractivity contribution in [3.63, 3.8) is 0 Å². The molecule has 0 saturated carbocycles. The normalized spacial score (nSPS) is 10.8. The van der Waals surface area contributed by atoms with Gasteiger partial charge in [0.15, 0.2) is 0 Å². The molecule has 5 heteroatoms. The van der Waals surface area contributed by atoms with Crippen LogP contribution in [0.3, 0.4) is 0 Å². The van der Waals surface area contributed by atoms with Crippen molar-refractivity contribution in [1.82, 2.24) is 15.0 Å². The molecule has 0 aliphatic rings. The van der Waals surface area contributed by atoms with Crippen LogP contribution in [0.15, 0.2) is 36.8 Å². The summed E-state index contributed by atoms with van der Waals surface area (Å²) in [6, 6.07) is 3.65. The highest BCUT2D eigenvalue weighted by Gasteiger charge is 2.00. The third kappa shape index (κ3) is 2.33. The van der Waals surface area contributed by atoms with Crippen LogP contribution < -0.4 is 0 Å². The Morgan fingerprint density at radius 3 is 2.81 bits per heavy atom. The highest BCUT2D eigenvalue weighted by atomic mass is 16.4. The van der Waals surface area contributed by atoms with Gasteiger partial charge in [-0.05, 0) is 18.2 Å². The third-order valence-corrected chi connectivity index (χ3v) is 1.95. The Morgan fingerprint density at radius 1 is 1.38 bits per heavy atom. The molecule has 0 unspecified atom stereocenters. The fourth-order valence-corrected chi connectivity index (χ4v) is 1.24. The van der Waals surface area contributed by atoms with Crippen LogP contribution in [0.4, 0.5) is 0 Å². The van der Waals surface area contributed by atoms with Crippen LogP contribution >= 0.6 is 0 Å². The van der Waals surface area contributed by atoms with Gasteiger partial charge in [-0.3, -0.25) is 4.98 Å². The molecule has 0 fully saturated rings. The standard InChI is InChI=1S/C11H9N3O2/c15-10(16)2-1-9-7-13-11(14-9)8-3-5-12-6-4-8/h1-7H,(H,13,14)(H,15,16)/b2-1+. The Balaban J connectivity index is 2.23. The van der Waals surface area contributed by atoms with E-state index in [0.717, 1.165) is 11.6 Å². The van der Waals surface area contributed by atoms with Crippen LogP contribution in [-0.4, -0.2) is 26.0 Å². The van der Waals surface area contributed by atoms with Gasteiger partial charge in [0.25, 0.3) is 0 Å². The fraction of sp³-hybridized carbons (Fsp3) is 0. The zero-order chi connectivity index (χ0) is 11.4. The van der Waals surface area contributed by atoms with E-state index in [2.05, 4.69) is 15.0 Å². The van der Waals surface area contributed by atoms with Crippen molar-refractivity contribution in [2.24, 2.45) is 0 Å². The van der Waals surface area contributed by atoms with Crippen LogP contribution in [0, 0.1) is 0 Å². The Kier molecular flexibility index (Phi) is 2.77. The molecule has 0 radical (unpaired) electrons. The van der Waals surface area contributed by atoms with Crippen molar-refractivity contribution in [3.8, 4) is 11.4 Å². The van der Waals surface area contributed by atoms with Crippen molar-refractivity contribution in [2.75, 3.05) is 0 Å². The summed E-state index contributed by atoms with van der Waals surface area (Å²) in [6.07, 6.45) is 7.44. The minimum Gasteiger partial charge on any atom is -0.478 e. The van der Waals surface area contributed by atoms with Gasteiger partial charge in [-0.25, -0.2) is 9.78 Å².